The van der Waals surface area contributed by atoms with Gasteiger partial charge in [0.05, 0.1) is 6.07 Å². The van der Waals surface area contributed by atoms with Crippen molar-refractivity contribution in [3.05, 3.63) is 0 Å². The summed E-state index contributed by atoms with van der Waals surface area (Å²) in [6.07, 6.45) is 4.54. The van der Waals surface area contributed by atoms with E-state index in [2.05, 4.69) is 30.1 Å². The van der Waals surface area contributed by atoms with E-state index < -0.39 is 0 Å². The third-order valence-corrected chi connectivity index (χ3v) is 4.04. The molecule has 0 amide bonds. The molecule has 3 heteroatoms. The highest BCUT2D eigenvalue weighted by molar-refractivity contribution is 5.20. The van der Waals surface area contributed by atoms with Gasteiger partial charge in [-0.05, 0) is 39.2 Å². The largest absolute Gasteiger partial charge is 0.297 e. The van der Waals surface area contributed by atoms with Crippen LogP contribution in [0, 0.1) is 11.3 Å². The van der Waals surface area contributed by atoms with Crippen LogP contribution in [0.5, 0.6) is 0 Å². The summed E-state index contributed by atoms with van der Waals surface area (Å²) in [5, 5.41) is 13.0. The van der Waals surface area contributed by atoms with Crippen LogP contribution in [0.2, 0.25) is 0 Å². The molecule has 15 heavy (non-hydrogen) atoms. The predicted octanol–water partition coefficient (Wildman–Crippen LogP) is 1.50. The van der Waals surface area contributed by atoms with Crippen molar-refractivity contribution >= 4 is 0 Å². The molecule has 3 atom stereocenters. The molecule has 2 heterocycles. The van der Waals surface area contributed by atoms with E-state index in [0.717, 1.165) is 19.4 Å². The summed E-state index contributed by atoms with van der Waals surface area (Å²) in [4.78, 5) is 2.48. The minimum absolute atomic E-state index is 0.258. The van der Waals surface area contributed by atoms with Crippen molar-refractivity contribution in [2.75, 3.05) is 13.1 Å². The summed E-state index contributed by atoms with van der Waals surface area (Å²) < 4.78 is 0. The molecule has 0 aromatic heterocycles. The fourth-order valence-corrected chi connectivity index (χ4v) is 3.01. The van der Waals surface area contributed by atoms with Crippen LogP contribution in [-0.4, -0.2) is 35.6 Å². The van der Waals surface area contributed by atoms with Gasteiger partial charge in [0.15, 0.2) is 0 Å². The quantitative estimate of drug-likeness (QED) is 0.762. The monoisotopic (exact) mass is 207 g/mol. The molecule has 1 N–H and O–H groups in total. The number of fused-ring (bicyclic) bond motifs is 1. The van der Waals surface area contributed by atoms with Gasteiger partial charge < -0.3 is 0 Å². The molecular weight excluding hydrogens is 186 g/mol. The maximum Gasteiger partial charge on any atom is 0.123 e. The number of hydrogen-bond donors (Lipinski definition) is 1. The van der Waals surface area contributed by atoms with Crippen LogP contribution in [0.4, 0.5) is 0 Å². The Morgan fingerprint density at radius 3 is 3.07 bits per heavy atom. The van der Waals surface area contributed by atoms with E-state index in [-0.39, 0.29) is 5.54 Å². The summed E-state index contributed by atoms with van der Waals surface area (Å²) >= 11 is 0. The normalized spacial score (nSPS) is 37.5. The number of rotatable bonds is 3. The van der Waals surface area contributed by atoms with Crippen LogP contribution in [0.1, 0.15) is 39.5 Å². The van der Waals surface area contributed by atoms with E-state index in [1.165, 1.54) is 19.4 Å². The Balaban J connectivity index is 2.12. The Labute approximate surface area is 92.4 Å². The minimum atomic E-state index is -0.258. The summed E-state index contributed by atoms with van der Waals surface area (Å²) in [5.41, 5.74) is -0.258. The first kappa shape index (κ1) is 10.9. The molecule has 0 aromatic carbocycles. The van der Waals surface area contributed by atoms with Gasteiger partial charge in [-0.25, -0.2) is 0 Å². The first-order valence-electron chi connectivity index (χ1n) is 6.15. The van der Waals surface area contributed by atoms with Crippen molar-refractivity contribution in [2.24, 2.45) is 0 Å². The average Bonchev–Trinajstić information content (AvgIpc) is 2.82. The highest BCUT2D eigenvalue weighted by atomic mass is 15.3. The number of nitriles is 1. The van der Waals surface area contributed by atoms with Crippen LogP contribution in [0.15, 0.2) is 0 Å². The zero-order valence-electron chi connectivity index (χ0n) is 9.79. The number of nitrogens with one attached hydrogen (secondary N) is 1. The minimum Gasteiger partial charge on any atom is -0.297 e. The lowest BCUT2D eigenvalue weighted by Crippen LogP contribution is -2.54. The fraction of sp³-hybridized carbons (Fsp3) is 0.917. The van der Waals surface area contributed by atoms with Gasteiger partial charge in [0.25, 0.3) is 0 Å². The molecule has 2 aliphatic rings. The molecule has 0 radical (unpaired) electrons. The molecule has 2 saturated heterocycles. The first-order chi connectivity index (χ1) is 7.22. The molecule has 2 fully saturated rings. The summed E-state index contributed by atoms with van der Waals surface area (Å²) in [5.74, 6) is 0. The van der Waals surface area contributed by atoms with E-state index in [0.29, 0.717) is 12.1 Å². The smallest absolute Gasteiger partial charge is 0.123 e. The van der Waals surface area contributed by atoms with Gasteiger partial charge in [-0.15, -0.1) is 0 Å². The lowest BCUT2D eigenvalue weighted by Gasteiger charge is -2.32. The van der Waals surface area contributed by atoms with Crippen LogP contribution < -0.4 is 5.32 Å². The Kier molecular flexibility index (Phi) is 2.99. The molecule has 0 bridgehead atoms. The fourth-order valence-electron chi connectivity index (χ4n) is 3.01. The van der Waals surface area contributed by atoms with Crippen molar-refractivity contribution in [2.45, 2.75) is 57.2 Å². The van der Waals surface area contributed by atoms with E-state index in [1.807, 2.05) is 0 Å². The van der Waals surface area contributed by atoms with E-state index in [4.69, 9.17) is 0 Å². The summed E-state index contributed by atoms with van der Waals surface area (Å²) in [6, 6.07) is 3.48. The molecule has 84 valence electrons. The van der Waals surface area contributed by atoms with E-state index >= 15 is 0 Å². The number of hydrogen-bond acceptors (Lipinski definition) is 3. The summed E-state index contributed by atoms with van der Waals surface area (Å²) in [7, 11) is 0. The highest BCUT2D eigenvalue weighted by Gasteiger charge is 2.49. The Bertz CT molecular complexity index is 271. The Morgan fingerprint density at radius 1 is 1.60 bits per heavy atom. The van der Waals surface area contributed by atoms with Crippen molar-refractivity contribution in [1.82, 2.24) is 10.2 Å². The van der Waals surface area contributed by atoms with Gasteiger partial charge in [-0.3, -0.25) is 10.2 Å². The average molecular weight is 207 g/mol. The maximum atomic E-state index is 9.47. The van der Waals surface area contributed by atoms with Crippen LogP contribution in [0.3, 0.4) is 0 Å². The molecule has 0 spiro atoms. The van der Waals surface area contributed by atoms with Crippen LogP contribution in [-0.2, 0) is 0 Å². The zero-order chi connectivity index (χ0) is 10.9. The lowest BCUT2D eigenvalue weighted by molar-refractivity contribution is 0.251. The van der Waals surface area contributed by atoms with Gasteiger partial charge >= 0.3 is 0 Å². The zero-order valence-corrected chi connectivity index (χ0v) is 9.79. The van der Waals surface area contributed by atoms with Crippen molar-refractivity contribution in [3.8, 4) is 6.07 Å². The van der Waals surface area contributed by atoms with Gasteiger partial charge in [-0.2, -0.15) is 5.26 Å². The van der Waals surface area contributed by atoms with Crippen molar-refractivity contribution in [1.29, 1.82) is 5.26 Å². The standard InChI is InChI=1S/C12H21N3/c1-3-10(2)14-12(9-13)6-8-15-7-4-5-11(12)15/h10-11,14H,3-8H2,1-2H3. The Hall–Kier alpha value is -0.590. The molecule has 3 unspecified atom stereocenters. The second kappa shape index (κ2) is 4.11. The summed E-state index contributed by atoms with van der Waals surface area (Å²) in [6.45, 7) is 6.64. The van der Waals surface area contributed by atoms with E-state index in [1.54, 1.807) is 0 Å². The molecule has 0 aliphatic carbocycles. The molecule has 2 rings (SSSR count). The van der Waals surface area contributed by atoms with Gasteiger partial charge in [0.1, 0.15) is 5.54 Å². The molecule has 0 aromatic rings. The Morgan fingerprint density at radius 2 is 2.40 bits per heavy atom. The molecule has 3 nitrogen and oxygen atoms in total. The second-order valence-corrected chi connectivity index (χ2v) is 4.98. The van der Waals surface area contributed by atoms with Gasteiger partial charge in [0.2, 0.25) is 0 Å². The number of nitrogens with zero attached hydrogens (tertiary/aromatic N) is 2. The second-order valence-electron chi connectivity index (χ2n) is 4.98. The molecule has 0 saturated carbocycles. The van der Waals surface area contributed by atoms with Gasteiger partial charge in [0, 0.05) is 18.6 Å². The lowest BCUT2D eigenvalue weighted by atomic mass is 9.89. The van der Waals surface area contributed by atoms with Crippen molar-refractivity contribution in [3.63, 3.8) is 0 Å². The molecule has 2 aliphatic heterocycles. The molecular formula is C12H21N3. The highest BCUT2D eigenvalue weighted by Crippen LogP contribution is 2.36. The maximum absolute atomic E-state index is 9.47. The topological polar surface area (TPSA) is 39.1 Å². The predicted molar refractivity (Wildman–Crippen MR) is 60.4 cm³/mol. The van der Waals surface area contributed by atoms with Gasteiger partial charge in [-0.1, -0.05) is 6.92 Å². The first-order valence-corrected chi connectivity index (χ1v) is 6.15. The third kappa shape index (κ3) is 1.77. The van der Waals surface area contributed by atoms with Crippen LogP contribution in [0.25, 0.3) is 0 Å². The third-order valence-electron chi connectivity index (χ3n) is 4.04. The van der Waals surface area contributed by atoms with Crippen molar-refractivity contribution < 1.29 is 0 Å². The van der Waals surface area contributed by atoms with Crippen LogP contribution >= 0.6 is 0 Å². The van der Waals surface area contributed by atoms with E-state index in [9.17, 15) is 5.26 Å². The SMILES string of the molecule is CCC(C)NC1(C#N)CCN2CCCC21.